The highest BCUT2D eigenvalue weighted by Gasteiger charge is 2.40. The number of aromatic nitrogens is 4. The minimum Gasteiger partial charge on any atom is -0.416 e. The Morgan fingerprint density at radius 3 is 2.54 bits per heavy atom. The SMILES string of the molecule is CN1C(=O)c2ccc(Nc3cc(N[C@H](CO)c4ccccc4)c(-c4nnc(-c5cccnc5)o4)cn3)cc2C1(C)C. The van der Waals surface area contributed by atoms with Crippen LogP contribution in [0, 0.1) is 0 Å². The number of hydrogen-bond acceptors (Lipinski definition) is 9. The van der Waals surface area contributed by atoms with Gasteiger partial charge in [-0.25, -0.2) is 4.98 Å². The van der Waals surface area contributed by atoms with Crippen LogP contribution < -0.4 is 10.6 Å². The number of amides is 1. The van der Waals surface area contributed by atoms with Gasteiger partial charge in [0.1, 0.15) is 5.82 Å². The lowest BCUT2D eigenvalue weighted by atomic mass is 9.93. The van der Waals surface area contributed by atoms with Crippen molar-refractivity contribution in [2.45, 2.75) is 25.4 Å². The number of benzene rings is 2. The third kappa shape index (κ3) is 4.89. The standard InChI is InChI=1S/C31H29N7O3/c1-31(2)24-14-21(11-12-22(24)30(40)38(31)3)34-27-15-25(35-26(18-39)19-8-5-4-6-9-19)23(17-33-27)29-37-36-28(41-29)20-10-7-13-32-16-20/h4-17,26,39H,18H2,1-3H3,(H2,33,34,35)/t26-/m1/s1. The van der Waals surface area contributed by atoms with Gasteiger partial charge in [-0.1, -0.05) is 30.3 Å². The van der Waals surface area contributed by atoms with Gasteiger partial charge in [0, 0.05) is 43.0 Å². The van der Waals surface area contributed by atoms with Gasteiger partial charge >= 0.3 is 0 Å². The van der Waals surface area contributed by atoms with Crippen LogP contribution >= 0.6 is 0 Å². The average molecular weight is 548 g/mol. The average Bonchev–Trinajstić information content (AvgIpc) is 3.55. The van der Waals surface area contributed by atoms with Crippen LogP contribution in [0.2, 0.25) is 0 Å². The van der Waals surface area contributed by atoms with Gasteiger partial charge < -0.3 is 25.1 Å². The number of carbonyl (C=O) groups excluding carboxylic acids is 1. The fraction of sp³-hybridized carbons (Fsp3) is 0.194. The van der Waals surface area contributed by atoms with Crippen molar-refractivity contribution in [2.24, 2.45) is 0 Å². The number of hydrogen-bond donors (Lipinski definition) is 3. The van der Waals surface area contributed by atoms with E-state index in [4.69, 9.17) is 4.42 Å². The Kier molecular flexibility index (Phi) is 6.68. The van der Waals surface area contributed by atoms with E-state index in [2.05, 4.69) is 30.8 Å². The van der Waals surface area contributed by atoms with Crippen LogP contribution in [0.25, 0.3) is 22.9 Å². The molecule has 10 heteroatoms. The van der Waals surface area contributed by atoms with E-state index in [0.29, 0.717) is 34.1 Å². The molecule has 41 heavy (non-hydrogen) atoms. The molecule has 0 fully saturated rings. The van der Waals surface area contributed by atoms with Crippen LogP contribution in [-0.4, -0.2) is 49.7 Å². The Morgan fingerprint density at radius 2 is 1.78 bits per heavy atom. The summed E-state index contributed by atoms with van der Waals surface area (Å²) in [6, 6.07) is 20.5. The number of pyridine rings is 2. The largest absolute Gasteiger partial charge is 0.416 e. The molecule has 3 aromatic heterocycles. The molecule has 4 heterocycles. The maximum Gasteiger partial charge on any atom is 0.254 e. The number of aliphatic hydroxyl groups is 1. The first kappa shape index (κ1) is 26.1. The molecule has 0 saturated carbocycles. The molecule has 0 radical (unpaired) electrons. The van der Waals surface area contributed by atoms with E-state index < -0.39 is 11.6 Å². The summed E-state index contributed by atoms with van der Waals surface area (Å²) in [5.41, 5.74) is 4.85. The summed E-state index contributed by atoms with van der Waals surface area (Å²) >= 11 is 0. The van der Waals surface area contributed by atoms with Crippen molar-refractivity contribution < 1.29 is 14.3 Å². The number of carbonyl (C=O) groups is 1. The number of rotatable bonds is 8. The summed E-state index contributed by atoms with van der Waals surface area (Å²) in [5, 5.41) is 25.5. The Bertz CT molecular complexity index is 1700. The molecule has 0 spiro atoms. The third-order valence-electron chi connectivity index (χ3n) is 7.51. The highest BCUT2D eigenvalue weighted by Crippen LogP contribution is 2.39. The number of fused-ring (bicyclic) bond motifs is 1. The summed E-state index contributed by atoms with van der Waals surface area (Å²) in [6.45, 7) is 3.91. The predicted molar refractivity (Wildman–Crippen MR) is 155 cm³/mol. The molecular weight excluding hydrogens is 518 g/mol. The first-order valence-corrected chi connectivity index (χ1v) is 13.2. The van der Waals surface area contributed by atoms with E-state index in [1.807, 2.05) is 81.6 Å². The van der Waals surface area contributed by atoms with Crippen molar-refractivity contribution in [1.82, 2.24) is 25.1 Å². The van der Waals surface area contributed by atoms with Crippen molar-refractivity contribution in [1.29, 1.82) is 0 Å². The van der Waals surface area contributed by atoms with Crippen LogP contribution in [0.4, 0.5) is 17.2 Å². The van der Waals surface area contributed by atoms with Gasteiger partial charge in [0.2, 0.25) is 5.89 Å². The summed E-state index contributed by atoms with van der Waals surface area (Å²) < 4.78 is 6.01. The van der Waals surface area contributed by atoms with Crippen molar-refractivity contribution in [3.05, 3.63) is 102 Å². The predicted octanol–water partition coefficient (Wildman–Crippen LogP) is 5.40. The van der Waals surface area contributed by atoms with Crippen LogP contribution in [0.15, 0.2) is 89.7 Å². The molecule has 1 aliphatic heterocycles. The van der Waals surface area contributed by atoms with Crippen molar-refractivity contribution in [2.75, 3.05) is 24.3 Å². The molecule has 5 aromatic rings. The molecule has 0 aliphatic carbocycles. The van der Waals surface area contributed by atoms with Gasteiger partial charge in [0.15, 0.2) is 0 Å². The Balaban J connectivity index is 1.36. The highest BCUT2D eigenvalue weighted by molar-refractivity contribution is 6.00. The van der Waals surface area contributed by atoms with Gasteiger partial charge in [-0.05, 0) is 55.3 Å². The molecule has 206 valence electrons. The number of anilines is 3. The second-order valence-electron chi connectivity index (χ2n) is 10.4. The van der Waals surface area contributed by atoms with Crippen LogP contribution in [0.5, 0.6) is 0 Å². The lowest BCUT2D eigenvalue weighted by Gasteiger charge is -2.28. The van der Waals surface area contributed by atoms with Gasteiger partial charge in [-0.15, -0.1) is 10.2 Å². The minimum absolute atomic E-state index is 0.00619. The minimum atomic E-state index is -0.428. The van der Waals surface area contributed by atoms with E-state index in [-0.39, 0.29) is 18.4 Å². The van der Waals surface area contributed by atoms with Gasteiger partial charge in [0.25, 0.3) is 11.8 Å². The fourth-order valence-corrected chi connectivity index (χ4v) is 4.94. The van der Waals surface area contributed by atoms with Crippen LogP contribution in [-0.2, 0) is 5.54 Å². The fourth-order valence-electron chi connectivity index (χ4n) is 4.94. The molecule has 6 rings (SSSR count). The van der Waals surface area contributed by atoms with E-state index >= 15 is 0 Å². The Hall–Kier alpha value is -5.09. The van der Waals surface area contributed by atoms with Crippen LogP contribution in [0.1, 0.15) is 41.4 Å². The highest BCUT2D eigenvalue weighted by atomic mass is 16.4. The normalized spacial score (nSPS) is 14.5. The van der Waals surface area contributed by atoms with E-state index in [9.17, 15) is 9.90 Å². The zero-order valence-corrected chi connectivity index (χ0v) is 22.9. The maximum absolute atomic E-state index is 12.7. The second-order valence-corrected chi connectivity index (χ2v) is 10.4. The van der Waals surface area contributed by atoms with Gasteiger partial charge in [-0.3, -0.25) is 9.78 Å². The molecule has 0 bridgehead atoms. The first-order chi connectivity index (χ1) is 19.8. The molecule has 3 N–H and O–H groups in total. The van der Waals surface area contributed by atoms with E-state index in [1.54, 1.807) is 29.6 Å². The second kappa shape index (κ2) is 10.5. The topological polar surface area (TPSA) is 129 Å². The lowest BCUT2D eigenvalue weighted by molar-refractivity contribution is 0.0691. The Morgan fingerprint density at radius 1 is 0.976 bits per heavy atom. The molecular formula is C31H29N7O3. The molecule has 0 unspecified atom stereocenters. The van der Waals surface area contributed by atoms with E-state index in [0.717, 1.165) is 16.8 Å². The zero-order chi connectivity index (χ0) is 28.6. The molecule has 2 aromatic carbocycles. The third-order valence-corrected chi connectivity index (χ3v) is 7.51. The monoisotopic (exact) mass is 547 g/mol. The van der Waals surface area contributed by atoms with E-state index in [1.165, 1.54) is 0 Å². The molecule has 1 atom stereocenters. The van der Waals surface area contributed by atoms with Crippen molar-refractivity contribution in [3.8, 4) is 22.9 Å². The van der Waals surface area contributed by atoms with Crippen molar-refractivity contribution in [3.63, 3.8) is 0 Å². The van der Waals surface area contributed by atoms with Gasteiger partial charge in [0.05, 0.1) is 35.0 Å². The number of nitrogens with zero attached hydrogens (tertiary/aromatic N) is 5. The Labute approximate surface area is 237 Å². The summed E-state index contributed by atoms with van der Waals surface area (Å²) in [7, 11) is 1.81. The number of aliphatic hydroxyl groups excluding tert-OH is 1. The molecule has 0 saturated heterocycles. The molecule has 1 aliphatic rings. The smallest absolute Gasteiger partial charge is 0.254 e. The maximum atomic E-state index is 12.7. The summed E-state index contributed by atoms with van der Waals surface area (Å²) in [4.78, 5) is 23.2. The zero-order valence-electron chi connectivity index (χ0n) is 22.9. The quantitative estimate of drug-likeness (QED) is 0.234. The summed E-state index contributed by atoms with van der Waals surface area (Å²) in [5.74, 6) is 1.18. The lowest BCUT2D eigenvalue weighted by Crippen LogP contribution is -2.35. The first-order valence-electron chi connectivity index (χ1n) is 13.2. The molecule has 1 amide bonds. The van der Waals surface area contributed by atoms with Crippen LogP contribution in [0.3, 0.4) is 0 Å². The molecule has 10 nitrogen and oxygen atoms in total. The summed E-state index contributed by atoms with van der Waals surface area (Å²) in [6.07, 6.45) is 4.98. The van der Waals surface area contributed by atoms with Crippen molar-refractivity contribution >= 4 is 23.1 Å². The van der Waals surface area contributed by atoms with Gasteiger partial charge in [-0.2, -0.15) is 0 Å². The number of nitrogens with one attached hydrogen (secondary N) is 2.